The highest BCUT2D eigenvalue weighted by Crippen LogP contribution is 2.34. The fourth-order valence-corrected chi connectivity index (χ4v) is 2.82. The van der Waals surface area contributed by atoms with Gasteiger partial charge < -0.3 is 10.0 Å². The summed E-state index contributed by atoms with van der Waals surface area (Å²) in [5.41, 5.74) is 0.839. The summed E-state index contributed by atoms with van der Waals surface area (Å²) in [6.45, 7) is 1.77. The molecule has 2 heterocycles. The number of halogens is 2. The van der Waals surface area contributed by atoms with Crippen LogP contribution in [0.2, 0.25) is 0 Å². The van der Waals surface area contributed by atoms with Crippen LogP contribution < -0.4 is 0 Å². The summed E-state index contributed by atoms with van der Waals surface area (Å²) in [6.07, 6.45) is 0.623. The van der Waals surface area contributed by atoms with Crippen molar-refractivity contribution in [3.05, 3.63) is 59.2 Å². The molecule has 5 nitrogen and oxygen atoms in total. The summed E-state index contributed by atoms with van der Waals surface area (Å²) < 4.78 is 27.5. The van der Waals surface area contributed by atoms with Gasteiger partial charge in [0.2, 0.25) is 0 Å². The van der Waals surface area contributed by atoms with Crippen molar-refractivity contribution < 1.29 is 18.7 Å². The Kier molecular flexibility index (Phi) is 4.04. The molecule has 0 radical (unpaired) electrons. The molecular formula is C16H15F2N3O2. The fourth-order valence-electron chi connectivity index (χ4n) is 2.82. The van der Waals surface area contributed by atoms with Gasteiger partial charge in [0.15, 0.2) is 0 Å². The van der Waals surface area contributed by atoms with Crippen LogP contribution in [0.3, 0.4) is 0 Å². The van der Waals surface area contributed by atoms with Crippen LogP contribution in [-0.4, -0.2) is 38.5 Å². The average Bonchev–Trinajstić information content (AvgIpc) is 2.90. The van der Waals surface area contributed by atoms with Crippen LogP contribution in [0, 0.1) is 18.6 Å². The molecule has 2 atom stereocenters. The number of aliphatic hydroxyl groups excluding tert-OH is 1. The number of hydrogen-bond donors (Lipinski definition) is 1. The molecule has 0 aliphatic carbocycles. The van der Waals surface area contributed by atoms with Crippen LogP contribution in [0.1, 0.15) is 34.2 Å². The molecule has 0 spiro atoms. The molecule has 0 bridgehead atoms. The number of rotatable bonds is 2. The van der Waals surface area contributed by atoms with E-state index < -0.39 is 29.7 Å². The molecule has 120 valence electrons. The van der Waals surface area contributed by atoms with Gasteiger partial charge in [-0.2, -0.15) is 0 Å². The maximum Gasteiger partial charge on any atom is 0.273 e. The van der Waals surface area contributed by atoms with E-state index in [1.165, 1.54) is 17.3 Å². The SMILES string of the molecule is Cc1cc(C(=O)N2CC(O)CC2c2cc(F)ccc2F)ncn1. The third-order valence-electron chi connectivity index (χ3n) is 3.88. The molecule has 1 N–H and O–H groups in total. The first-order valence-corrected chi connectivity index (χ1v) is 7.18. The summed E-state index contributed by atoms with van der Waals surface area (Å²) >= 11 is 0. The number of likely N-dealkylation sites (tertiary alicyclic amines) is 1. The fraction of sp³-hybridized carbons (Fsp3) is 0.312. The molecule has 1 saturated heterocycles. The van der Waals surface area contributed by atoms with E-state index in [0.717, 1.165) is 18.2 Å². The Morgan fingerprint density at radius 1 is 1.30 bits per heavy atom. The zero-order valence-electron chi connectivity index (χ0n) is 12.4. The van der Waals surface area contributed by atoms with Gasteiger partial charge in [-0.15, -0.1) is 0 Å². The van der Waals surface area contributed by atoms with Crippen molar-refractivity contribution in [1.82, 2.24) is 14.9 Å². The van der Waals surface area contributed by atoms with Crippen molar-refractivity contribution in [2.45, 2.75) is 25.5 Å². The predicted molar refractivity (Wildman–Crippen MR) is 77.5 cm³/mol. The Labute approximate surface area is 131 Å². The highest BCUT2D eigenvalue weighted by Gasteiger charge is 2.37. The first kappa shape index (κ1) is 15.5. The van der Waals surface area contributed by atoms with Crippen LogP contribution in [0.5, 0.6) is 0 Å². The number of benzene rings is 1. The second-order valence-electron chi connectivity index (χ2n) is 5.57. The number of hydrogen-bond acceptors (Lipinski definition) is 4. The number of nitrogens with zero attached hydrogens (tertiary/aromatic N) is 3. The van der Waals surface area contributed by atoms with Crippen molar-refractivity contribution in [2.24, 2.45) is 0 Å². The summed E-state index contributed by atoms with van der Waals surface area (Å²) in [6, 6.07) is 3.88. The summed E-state index contributed by atoms with van der Waals surface area (Å²) in [4.78, 5) is 21.8. The summed E-state index contributed by atoms with van der Waals surface area (Å²) in [7, 11) is 0. The van der Waals surface area contributed by atoms with Crippen LogP contribution in [0.25, 0.3) is 0 Å². The Morgan fingerprint density at radius 3 is 2.83 bits per heavy atom. The number of amides is 1. The quantitative estimate of drug-likeness (QED) is 0.919. The van der Waals surface area contributed by atoms with E-state index in [-0.39, 0.29) is 24.2 Å². The van der Waals surface area contributed by atoms with E-state index in [4.69, 9.17) is 0 Å². The van der Waals surface area contributed by atoms with E-state index in [1.807, 2.05) is 0 Å². The first-order valence-electron chi connectivity index (χ1n) is 7.18. The van der Waals surface area contributed by atoms with Gasteiger partial charge >= 0.3 is 0 Å². The maximum atomic E-state index is 14.0. The van der Waals surface area contributed by atoms with Crippen molar-refractivity contribution in [2.75, 3.05) is 6.54 Å². The van der Waals surface area contributed by atoms with Gasteiger partial charge in [-0.25, -0.2) is 18.7 Å². The Bertz CT molecular complexity index is 754. The van der Waals surface area contributed by atoms with Crippen LogP contribution in [-0.2, 0) is 0 Å². The van der Waals surface area contributed by atoms with E-state index in [9.17, 15) is 18.7 Å². The van der Waals surface area contributed by atoms with Crippen LogP contribution >= 0.6 is 0 Å². The monoisotopic (exact) mass is 319 g/mol. The number of aryl methyl sites for hydroxylation is 1. The Balaban J connectivity index is 1.97. The summed E-state index contributed by atoms with van der Waals surface area (Å²) in [5.74, 6) is -1.64. The molecule has 3 rings (SSSR count). The largest absolute Gasteiger partial charge is 0.391 e. The van der Waals surface area contributed by atoms with Crippen LogP contribution in [0.4, 0.5) is 8.78 Å². The van der Waals surface area contributed by atoms with E-state index in [1.54, 1.807) is 6.92 Å². The van der Waals surface area contributed by atoms with E-state index >= 15 is 0 Å². The Hall–Kier alpha value is -2.41. The minimum absolute atomic E-state index is 0.0442. The highest BCUT2D eigenvalue weighted by molar-refractivity contribution is 5.92. The number of aromatic nitrogens is 2. The molecule has 23 heavy (non-hydrogen) atoms. The zero-order valence-corrected chi connectivity index (χ0v) is 12.4. The van der Waals surface area contributed by atoms with E-state index in [0.29, 0.717) is 5.69 Å². The number of carbonyl (C=O) groups excluding carboxylic acids is 1. The normalized spacial score (nSPS) is 20.8. The van der Waals surface area contributed by atoms with Gasteiger partial charge in [0.05, 0.1) is 12.1 Å². The zero-order chi connectivity index (χ0) is 16.6. The molecular weight excluding hydrogens is 304 g/mol. The molecule has 0 saturated carbocycles. The number of aliphatic hydroxyl groups is 1. The molecule has 1 aliphatic heterocycles. The lowest BCUT2D eigenvalue weighted by Crippen LogP contribution is -2.32. The third-order valence-corrected chi connectivity index (χ3v) is 3.88. The molecule has 1 fully saturated rings. The lowest BCUT2D eigenvalue weighted by atomic mass is 10.0. The molecule has 1 aliphatic rings. The molecule has 2 aromatic rings. The summed E-state index contributed by atoms with van der Waals surface area (Å²) in [5, 5.41) is 9.90. The highest BCUT2D eigenvalue weighted by atomic mass is 19.1. The number of β-amino-alcohol motifs (C(OH)–C–C–N with tert-alkyl or cyclic N) is 1. The maximum absolute atomic E-state index is 14.0. The van der Waals surface area contributed by atoms with Crippen LogP contribution in [0.15, 0.2) is 30.6 Å². The standard InChI is InChI=1S/C16H15F2N3O2/c1-9-4-14(20-8-19-9)16(23)21-7-11(22)6-15(21)12-5-10(17)2-3-13(12)18/h2-5,8,11,15,22H,6-7H2,1H3. The third kappa shape index (κ3) is 3.05. The predicted octanol–water partition coefficient (Wildman–Crippen LogP) is 2.01. The lowest BCUT2D eigenvalue weighted by molar-refractivity contribution is 0.0707. The second kappa shape index (κ2) is 6.00. The average molecular weight is 319 g/mol. The topological polar surface area (TPSA) is 66.3 Å². The first-order chi connectivity index (χ1) is 11.0. The van der Waals surface area contributed by atoms with Crippen molar-refractivity contribution in [3.63, 3.8) is 0 Å². The molecule has 1 aromatic heterocycles. The van der Waals surface area contributed by atoms with Gasteiger partial charge in [-0.1, -0.05) is 0 Å². The molecule has 2 unspecified atom stereocenters. The lowest BCUT2D eigenvalue weighted by Gasteiger charge is -2.24. The number of carbonyl (C=O) groups is 1. The van der Waals surface area contributed by atoms with Gasteiger partial charge in [0, 0.05) is 17.8 Å². The van der Waals surface area contributed by atoms with Gasteiger partial charge in [-0.05, 0) is 37.6 Å². The molecule has 1 aromatic carbocycles. The van der Waals surface area contributed by atoms with Crippen molar-refractivity contribution in [3.8, 4) is 0 Å². The van der Waals surface area contributed by atoms with Crippen molar-refractivity contribution in [1.29, 1.82) is 0 Å². The van der Waals surface area contributed by atoms with Gasteiger partial charge in [0.25, 0.3) is 5.91 Å². The molecule has 1 amide bonds. The molecule has 7 heteroatoms. The minimum atomic E-state index is -0.797. The van der Waals surface area contributed by atoms with Crippen molar-refractivity contribution >= 4 is 5.91 Å². The van der Waals surface area contributed by atoms with E-state index in [2.05, 4.69) is 9.97 Å². The van der Waals surface area contributed by atoms with Gasteiger partial charge in [0.1, 0.15) is 23.7 Å². The smallest absolute Gasteiger partial charge is 0.273 e. The minimum Gasteiger partial charge on any atom is -0.391 e. The van der Waals surface area contributed by atoms with Gasteiger partial charge in [-0.3, -0.25) is 4.79 Å². The second-order valence-corrected chi connectivity index (χ2v) is 5.57. The Morgan fingerprint density at radius 2 is 2.09 bits per heavy atom.